The minimum absolute atomic E-state index is 0.117. The lowest BCUT2D eigenvalue weighted by atomic mass is 10.1. The molecule has 0 bridgehead atoms. The van der Waals surface area contributed by atoms with Crippen molar-refractivity contribution in [2.45, 2.75) is 54.1 Å². The number of aromatic nitrogens is 2. The van der Waals surface area contributed by atoms with Gasteiger partial charge in [0.2, 0.25) is 0 Å². The number of esters is 1. The molecule has 0 aliphatic carbocycles. The maximum Gasteiger partial charge on any atom is 0.310 e. The van der Waals surface area contributed by atoms with E-state index in [1.54, 1.807) is 11.9 Å². The highest BCUT2D eigenvalue weighted by Gasteiger charge is 2.18. The third-order valence-electron chi connectivity index (χ3n) is 4.83. The van der Waals surface area contributed by atoms with E-state index in [1.165, 1.54) is 0 Å². The Morgan fingerprint density at radius 3 is 2.43 bits per heavy atom. The van der Waals surface area contributed by atoms with Gasteiger partial charge in [0.1, 0.15) is 5.75 Å². The predicted molar refractivity (Wildman–Crippen MR) is 115 cm³/mol. The van der Waals surface area contributed by atoms with E-state index in [1.807, 2.05) is 49.7 Å². The van der Waals surface area contributed by atoms with Crippen LogP contribution in [0.3, 0.4) is 0 Å². The first-order chi connectivity index (χ1) is 14.2. The average Bonchev–Trinajstić information content (AvgIpc) is 2.94. The number of carbonyl (C=O) groups excluding carboxylic acids is 2. The van der Waals surface area contributed by atoms with Gasteiger partial charge in [-0.3, -0.25) is 14.3 Å². The van der Waals surface area contributed by atoms with Gasteiger partial charge in [-0.05, 0) is 44.4 Å². The molecule has 1 amide bonds. The SMILES string of the molecule is CCOc1ccc(CN(C)C(=O)COC(=O)Cc2c(C)nn(CC(C)C)c2C)cc1. The van der Waals surface area contributed by atoms with Gasteiger partial charge in [0, 0.05) is 31.4 Å². The van der Waals surface area contributed by atoms with E-state index in [4.69, 9.17) is 9.47 Å². The summed E-state index contributed by atoms with van der Waals surface area (Å²) < 4.78 is 12.6. The van der Waals surface area contributed by atoms with Gasteiger partial charge in [-0.25, -0.2) is 0 Å². The van der Waals surface area contributed by atoms with Crippen molar-refractivity contribution in [1.82, 2.24) is 14.7 Å². The van der Waals surface area contributed by atoms with Crippen LogP contribution in [0.5, 0.6) is 5.75 Å². The number of aryl methyl sites for hydroxylation is 1. The number of nitrogens with zero attached hydrogens (tertiary/aromatic N) is 3. The van der Waals surface area contributed by atoms with Crippen molar-refractivity contribution in [3.8, 4) is 5.75 Å². The fourth-order valence-electron chi connectivity index (χ4n) is 3.18. The maximum absolute atomic E-state index is 12.3. The number of ether oxygens (including phenoxy) is 2. The quantitative estimate of drug-likeness (QED) is 0.557. The summed E-state index contributed by atoms with van der Waals surface area (Å²) >= 11 is 0. The number of likely N-dealkylation sites (N-methyl/N-ethyl adjacent to an activating group) is 1. The van der Waals surface area contributed by atoms with Crippen molar-refractivity contribution >= 4 is 11.9 Å². The normalized spacial score (nSPS) is 10.9. The van der Waals surface area contributed by atoms with E-state index in [0.29, 0.717) is 19.1 Å². The van der Waals surface area contributed by atoms with Crippen LogP contribution in [-0.4, -0.2) is 46.8 Å². The van der Waals surface area contributed by atoms with Gasteiger partial charge in [-0.1, -0.05) is 26.0 Å². The second kappa shape index (κ2) is 10.8. The minimum atomic E-state index is -0.423. The Bertz CT molecular complexity index is 856. The molecular weight excluding hydrogens is 382 g/mol. The number of amides is 1. The molecule has 0 spiro atoms. The topological polar surface area (TPSA) is 73.7 Å². The summed E-state index contributed by atoms with van der Waals surface area (Å²) in [5.41, 5.74) is 3.64. The minimum Gasteiger partial charge on any atom is -0.494 e. The number of hydrogen-bond donors (Lipinski definition) is 0. The lowest BCUT2D eigenvalue weighted by molar-refractivity contribution is -0.151. The van der Waals surface area contributed by atoms with Crippen LogP contribution in [0.15, 0.2) is 24.3 Å². The zero-order valence-electron chi connectivity index (χ0n) is 18.9. The zero-order chi connectivity index (χ0) is 22.3. The molecule has 0 aliphatic heterocycles. The third kappa shape index (κ3) is 6.61. The molecule has 2 rings (SSSR count). The zero-order valence-corrected chi connectivity index (χ0v) is 18.9. The van der Waals surface area contributed by atoms with Gasteiger partial charge in [-0.2, -0.15) is 5.10 Å². The molecule has 164 valence electrons. The van der Waals surface area contributed by atoms with E-state index in [-0.39, 0.29) is 18.9 Å². The monoisotopic (exact) mass is 415 g/mol. The van der Waals surface area contributed by atoms with Crippen LogP contribution in [0.25, 0.3) is 0 Å². The first-order valence-electron chi connectivity index (χ1n) is 10.3. The molecule has 0 aliphatic rings. The fourth-order valence-corrected chi connectivity index (χ4v) is 3.18. The smallest absolute Gasteiger partial charge is 0.310 e. The molecule has 0 N–H and O–H groups in total. The van der Waals surface area contributed by atoms with Crippen molar-refractivity contribution < 1.29 is 19.1 Å². The van der Waals surface area contributed by atoms with Crippen LogP contribution >= 0.6 is 0 Å². The van der Waals surface area contributed by atoms with Crippen LogP contribution in [0.2, 0.25) is 0 Å². The summed E-state index contributed by atoms with van der Waals surface area (Å²) in [6, 6.07) is 7.59. The van der Waals surface area contributed by atoms with Crippen molar-refractivity contribution in [3.63, 3.8) is 0 Å². The maximum atomic E-state index is 12.3. The first-order valence-corrected chi connectivity index (χ1v) is 10.3. The largest absolute Gasteiger partial charge is 0.494 e. The van der Waals surface area contributed by atoms with Crippen LogP contribution in [0, 0.1) is 19.8 Å². The molecule has 0 unspecified atom stereocenters. The van der Waals surface area contributed by atoms with Crippen molar-refractivity contribution in [2.75, 3.05) is 20.3 Å². The van der Waals surface area contributed by atoms with Crippen LogP contribution in [0.4, 0.5) is 0 Å². The van der Waals surface area contributed by atoms with Crippen molar-refractivity contribution in [2.24, 2.45) is 5.92 Å². The summed E-state index contributed by atoms with van der Waals surface area (Å²) in [6.45, 7) is 11.6. The first kappa shape index (κ1) is 23.4. The summed E-state index contributed by atoms with van der Waals surface area (Å²) in [5, 5.41) is 4.52. The summed E-state index contributed by atoms with van der Waals surface area (Å²) in [4.78, 5) is 26.2. The Kier molecular flexibility index (Phi) is 8.45. The third-order valence-corrected chi connectivity index (χ3v) is 4.83. The van der Waals surface area contributed by atoms with Gasteiger partial charge in [0.05, 0.1) is 18.7 Å². The molecule has 7 heteroatoms. The molecule has 1 aromatic heterocycles. The second-order valence-corrected chi connectivity index (χ2v) is 7.89. The summed E-state index contributed by atoms with van der Waals surface area (Å²) in [5.74, 6) is 0.590. The Labute approximate surface area is 179 Å². The highest BCUT2D eigenvalue weighted by molar-refractivity contribution is 5.81. The second-order valence-electron chi connectivity index (χ2n) is 7.89. The molecule has 1 heterocycles. The number of benzene rings is 1. The molecule has 1 aromatic carbocycles. The van der Waals surface area contributed by atoms with Gasteiger partial charge in [-0.15, -0.1) is 0 Å². The summed E-state index contributed by atoms with van der Waals surface area (Å²) in [6.07, 6.45) is 0.117. The van der Waals surface area contributed by atoms with E-state index >= 15 is 0 Å². The average molecular weight is 416 g/mol. The Morgan fingerprint density at radius 1 is 1.17 bits per heavy atom. The Morgan fingerprint density at radius 2 is 1.83 bits per heavy atom. The number of hydrogen-bond acceptors (Lipinski definition) is 5. The molecule has 0 saturated carbocycles. The van der Waals surface area contributed by atoms with Crippen molar-refractivity contribution in [1.29, 1.82) is 0 Å². The van der Waals surface area contributed by atoms with E-state index < -0.39 is 5.97 Å². The Balaban J connectivity index is 1.85. The molecule has 2 aromatic rings. The highest BCUT2D eigenvalue weighted by Crippen LogP contribution is 2.16. The van der Waals surface area contributed by atoms with E-state index in [9.17, 15) is 9.59 Å². The van der Waals surface area contributed by atoms with Crippen LogP contribution < -0.4 is 4.74 Å². The number of rotatable bonds is 10. The van der Waals surface area contributed by atoms with E-state index in [2.05, 4.69) is 18.9 Å². The van der Waals surface area contributed by atoms with Crippen LogP contribution in [-0.2, 0) is 33.8 Å². The highest BCUT2D eigenvalue weighted by atomic mass is 16.5. The molecule has 0 saturated heterocycles. The van der Waals surface area contributed by atoms with Gasteiger partial charge >= 0.3 is 5.97 Å². The fraction of sp³-hybridized carbons (Fsp3) is 0.522. The molecule has 0 radical (unpaired) electrons. The lowest BCUT2D eigenvalue weighted by Crippen LogP contribution is -2.31. The van der Waals surface area contributed by atoms with Gasteiger partial charge in [0.25, 0.3) is 5.91 Å². The standard InChI is InChI=1S/C23H33N3O4/c1-7-29-20-10-8-19(9-11-20)14-25(6)22(27)15-30-23(28)12-21-17(4)24-26(18(21)5)13-16(2)3/h8-11,16H,7,12-15H2,1-6H3. The number of carbonyl (C=O) groups is 2. The Hall–Kier alpha value is -2.83. The molecule has 0 fully saturated rings. The van der Waals surface area contributed by atoms with Gasteiger partial charge < -0.3 is 14.4 Å². The molecule has 0 atom stereocenters. The van der Waals surface area contributed by atoms with Crippen LogP contribution in [0.1, 0.15) is 43.3 Å². The summed E-state index contributed by atoms with van der Waals surface area (Å²) in [7, 11) is 1.69. The van der Waals surface area contributed by atoms with Crippen molar-refractivity contribution in [3.05, 3.63) is 46.8 Å². The predicted octanol–water partition coefficient (Wildman–Crippen LogP) is 3.30. The molecule has 7 nitrogen and oxygen atoms in total. The van der Waals surface area contributed by atoms with E-state index in [0.717, 1.165) is 34.8 Å². The molecule has 30 heavy (non-hydrogen) atoms. The van der Waals surface area contributed by atoms with Gasteiger partial charge in [0.15, 0.2) is 6.61 Å². The molecular formula is C23H33N3O4. The lowest BCUT2D eigenvalue weighted by Gasteiger charge is -2.17.